The number of benzene rings is 2. The number of fused-ring (bicyclic) bond motifs is 1. The number of hydrogen-bond donors (Lipinski definition) is 0. The first-order valence-corrected chi connectivity index (χ1v) is 8.23. The van der Waals surface area contributed by atoms with E-state index < -0.39 is 0 Å². The molecule has 1 aliphatic rings. The zero-order chi connectivity index (χ0) is 16.7. The molecule has 5 heteroatoms. The summed E-state index contributed by atoms with van der Waals surface area (Å²) in [5.74, 6) is -0.00216. The standard InChI is InChI=1S/C19H16ClN3O/c1-13-17(12-21-23(13)16-8-6-15(20)7-9-16)19(24)22-11-10-14-4-2-3-5-18(14)22/h2-9,12H,10-11H2,1H3. The fourth-order valence-corrected chi connectivity index (χ4v) is 3.28. The van der Waals surface area contributed by atoms with E-state index in [1.165, 1.54) is 5.56 Å². The summed E-state index contributed by atoms with van der Waals surface area (Å²) >= 11 is 5.94. The highest BCUT2D eigenvalue weighted by atomic mass is 35.5. The SMILES string of the molecule is Cc1c(C(=O)N2CCc3ccccc32)cnn1-c1ccc(Cl)cc1. The fraction of sp³-hybridized carbons (Fsp3) is 0.158. The number of anilines is 1. The van der Waals surface area contributed by atoms with E-state index in [0.717, 1.165) is 23.5 Å². The molecule has 1 amide bonds. The van der Waals surface area contributed by atoms with Crippen molar-refractivity contribution in [1.82, 2.24) is 9.78 Å². The van der Waals surface area contributed by atoms with E-state index in [1.807, 2.05) is 54.3 Å². The Kier molecular flexibility index (Phi) is 3.62. The molecule has 120 valence electrons. The predicted octanol–water partition coefficient (Wildman–Crippen LogP) is 4.04. The highest BCUT2D eigenvalue weighted by Gasteiger charge is 2.27. The Bertz CT molecular complexity index is 915. The molecule has 0 bridgehead atoms. The van der Waals surface area contributed by atoms with Gasteiger partial charge >= 0.3 is 0 Å². The van der Waals surface area contributed by atoms with Crippen LogP contribution >= 0.6 is 11.6 Å². The molecule has 24 heavy (non-hydrogen) atoms. The summed E-state index contributed by atoms with van der Waals surface area (Å²) in [6.45, 7) is 2.63. The zero-order valence-corrected chi connectivity index (χ0v) is 14.0. The first-order valence-electron chi connectivity index (χ1n) is 7.85. The normalized spacial score (nSPS) is 13.2. The van der Waals surface area contributed by atoms with Crippen molar-refractivity contribution in [2.24, 2.45) is 0 Å². The summed E-state index contributed by atoms with van der Waals surface area (Å²) in [6.07, 6.45) is 2.54. The maximum atomic E-state index is 13.0. The quantitative estimate of drug-likeness (QED) is 0.708. The van der Waals surface area contributed by atoms with Crippen molar-refractivity contribution in [2.75, 3.05) is 11.4 Å². The van der Waals surface area contributed by atoms with E-state index in [-0.39, 0.29) is 5.91 Å². The van der Waals surface area contributed by atoms with Crippen LogP contribution in [0.15, 0.2) is 54.7 Å². The van der Waals surface area contributed by atoms with Crippen molar-refractivity contribution >= 4 is 23.2 Å². The number of aromatic nitrogens is 2. The maximum Gasteiger partial charge on any atom is 0.261 e. The van der Waals surface area contributed by atoms with Crippen LogP contribution in [0.25, 0.3) is 5.69 Å². The van der Waals surface area contributed by atoms with Crippen LogP contribution in [0.4, 0.5) is 5.69 Å². The van der Waals surface area contributed by atoms with Gasteiger partial charge in [-0.05, 0) is 49.2 Å². The lowest BCUT2D eigenvalue weighted by Crippen LogP contribution is -2.29. The molecule has 0 N–H and O–H groups in total. The van der Waals surface area contributed by atoms with Crippen molar-refractivity contribution in [3.8, 4) is 5.69 Å². The largest absolute Gasteiger partial charge is 0.308 e. The first kappa shape index (κ1) is 15.0. The third kappa shape index (κ3) is 2.39. The number of amides is 1. The Morgan fingerprint density at radius 3 is 2.67 bits per heavy atom. The monoisotopic (exact) mass is 337 g/mol. The summed E-state index contributed by atoms with van der Waals surface area (Å²) in [4.78, 5) is 14.8. The minimum absolute atomic E-state index is 0.00216. The van der Waals surface area contributed by atoms with Gasteiger partial charge in [-0.3, -0.25) is 4.79 Å². The summed E-state index contributed by atoms with van der Waals surface area (Å²) in [7, 11) is 0. The molecule has 0 saturated heterocycles. The first-order chi connectivity index (χ1) is 11.6. The number of rotatable bonds is 2. The minimum Gasteiger partial charge on any atom is -0.308 e. The Balaban J connectivity index is 1.69. The molecule has 2 aromatic carbocycles. The van der Waals surface area contributed by atoms with Crippen LogP contribution in [0.2, 0.25) is 5.02 Å². The van der Waals surface area contributed by atoms with Crippen molar-refractivity contribution < 1.29 is 4.79 Å². The average molecular weight is 338 g/mol. The topological polar surface area (TPSA) is 38.1 Å². The van der Waals surface area contributed by atoms with Crippen LogP contribution < -0.4 is 4.90 Å². The number of halogens is 1. The Labute approximate surface area is 145 Å². The van der Waals surface area contributed by atoms with Crippen molar-refractivity contribution in [3.63, 3.8) is 0 Å². The van der Waals surface area contributed by atoms with Gasteiger partial charge in [-0.25, -0.2) is 4.68 Å². The van der Waals surface area contributed by atoms with E-state index >= 15 is 0 Å². The van der Waals surface area contributed by atoms with Crippen molar-refractivity contribution in [1.29, 1.82) is 0 Å². The van der Waals surface area contributed by atoms with Gasteiger partial charge in [0.15, 0.2) is 0 Å². The number of para-hydroxylation sites is 1. The van der Waals surface area contributed by atoms with Crippen LogP contribution in [-0.2, 0) is 6.42 Å². The second-order valence-corrected chi connectivity index (χ2v) is 6.30. The summed E-state index contributed by atoms with van der Waals surface area (Å²) < 4.78 is 1.77. The molecule has 4 rings (SSSR count). The second-order valence-electron chi connectivity index (χ2n) is 5.87. The van der Waals surface area contributed by atoms with Gasteiger partial charge in [-0.15, -0.1) is 0 Å². The maximum absolute atomic E-state index is 13.0. The zero-order valence-electron chi connectivity index (χ0n) is 13.2. The van der Waals surface area contributed by atoms with Crippen molar-refractivity contribution in [3.05, 3.63) is 76.6 Å². The van der Waals surface area contributed by atoms with Crippen LogP contribution in [0.1, 0.15) is 21.6 Å². The number of carbonyl (C=O) groups excluding carboxylic acids is 1. The average Bonchev–Trinajstić information content (AvgIpc) is 3.19. The van der Waals surface area contributed by atoms with E-state index in [2.05, 4.69) is 11.2 Å². The van der Waals surface area contributed by atoms with Crippen molar-refractivity contribution in [2.45, 2.75) is 13.3 Å². The van der Waals surface area contributed by atoms with Gasteiger partial charge in [0.25, 0.3) is 5.91 Å². The molecule has 0 spiro atoms. The lowest BCUT2D eigenvalue weighted by atomic mass is 10.1. The van der Waals surface area contributed by atoms with E-state index in [1.54, 1.807) is 10.9 Å². The highest BCUT2D eigenvalue weighted by Crippen LogP contribution is 2.29. The fourth-order valence-electron chi connectivity index (χ4n) is 3.16. The molecule has 1 aliphatic heterocycles. The molecule has 4 nitrogen and oxygen atoms in total. The smallest absolute Gasteiger partial charge is 0.261 e. The Hall–Kier alpha value is -2.59. The number of nitrogens with zero attached hydrogens (tertiary/aromatic N) is 3. The van der Waals surface area contributed by atoms with E-state index in [0.29, 0.717) is 17.1 Å². The van der Waals surface area contributed by atoms with Gasteiger partial charge in [0.05, 0.1) is 23.1 Å². The van der Waals surface area contributed by atoms with Gasteiger partial charge in [0, 0.05) is 17.3 Å². The van der Waals surface area contributed by atoms with Gasteiger partial charge in [0.2, 0.25) is 0 Å². The third-order valence-electron chi connectivity index (χ3n) is 4.44. The molecule has 2 heterocycles. The van der Waals surface area contributed by atoms with Gasteiger partial charge in [-0.2, -0.15) is 5.10 Å². The second kappa shape index (κ2) is 5.80. The summed E-state index contributed by atoms with van der Waals surface area (Å²) in [6, 6.07) is 15.5. The lowest BCUT2D eigenvalue weighted by molar-refractivity contribution is 0.0989. The van der Waals surface area contributed by atoms with E-state index in [9.17, 15) is 4.79 Å². The molecule has 0 fully saturated rings. The summed E-state index contributed by atoms with van der Waals surface area (Å²) in [5, 5.41) is 5.06. The Morgan fingerprint density at radius 2 is 1.88 bits per heavy atom. The molecule has 0 atom stereocenters. The van der Waals surface area contributed by atoms with Crippen LogP contribution in [0, 0.1) is 6.92 Å². The highest BCUT2D eigenvalue weighted by molar-refractivity contribution is 6.30. The van der Waals surface area contributed by atoms with Gasteiger partial charge in [-0.1, -0.05) is 29.8 Å². The number of carbonyl (C=O) groups is 1. The van der Waals surface area contributed by atoms with Gasteiger partial charge in [0.1, 0.15) is 0 Å². The molecule has 0 aliphatic carbocycles. The Morgan fingerprint density at radius 1 is 1.12 bits per heavy atom. The van der Waals surface area contributed by atoms with Crippen LogP contribution in [0.3, 0.4) is 0 Å². The molecule has 0 radical (unpaired) electrons. The molecular weight excluding hydrogens is 322 g/mol. The molecular formula is C19H16ClN3O. The molecule has 3 aromatic rings. The molecule has 1 aromatic heterocycles. The van der Waals surface area contributed by atoms with Crippen LogP contribution in [0.5, 0.6) is 0 Å². The van der Waals surface area contributed by atoms with E-state index in [4.69, 9.17) is 11.6 Å². The third-order valence-corrected chi connectivity index (χ3v) is 4.70. The van der Waals surface area contributed by atoms with Gasteiger partial charge < -0.3 is 4.90 Å². The van der Waals surface area contributed by atoms with Crippen LogP contribution in [-0.4, -0.2) is 22.2 Å². The lowest BCUT2D eigenvalue weighted by Gasteiger charge is -2.17. The molecule has 0 saturated carbocycles. The molecule has 0 unspecified atom stereocenters. The minimum atomic E-state index is -0.00216. The predicted molar refractivity (Wildman–Crippen MR) is 95.1 cm³/mol. The number of hydrogen-bond acceptors (Lipinski definition) is 2. The summed E-state index contributed by atoms with van der Waals surface area (Å²) in [5.41, 5.74) is 4.56.